The maximum Gasteiger partial charge on any atom is 0.231 e. The lowest BCUT2D eigenvalue weighted by atomic mass is 9.93. The number of nitrogens with one attached hydrogen (secondary N) is 1. The maximum atomic E-state index is 6.54. The van der Waals surface area contributed by atoms with Gasteiger partial charge in [-0.15, -0.1) is 11.3 Å². The van der Waals surface area contributed by atoms with Crippen molar-refractivity contribution in [2.75, 3.05) is 25.8 Å². The Labute approximate surface area is 222 Å². The van der Waals surface area contributed by atoms with Crippen LogP contribution in [0.1, 0.15) is 54.0 Å². The Balaban J connectivity index is 1.27. The molecule has 2 aromatic carbocycles. The minimum absolute atomic E-state index is 0.176. The Morgan fingerprint density at radius 3 is 2.83 bits per heavy atom. The summed E-state index contributed by atoms with van der Waals surface area (Å²) in [4.78, 5) is 5.92. The van der Waals surface area contributed by atoms with Crippen molar-refractivity contribution < 1.29 is 14.2 Å². The van der Waals surface area contributed by atoms with Gasteiger partial charge in [0.15, 0.2) is 16.6 Å². The van der Waals surface area contributed by atoms with Gasteiger partial charge in [0.05, 0.1) is 24.4 Å². The number of aryl methyl sites for hydroxylation is 2. The highest BCUT2D eigenvalue weighted by Gasteiger charge is 2.22. The van der Waals surface area contributed by atoms with Crippen LogP contribution < -0.4 is 19.5 Å². The minimum Gasteiger partial charge on any atom is -0.496 e. The predicted molar refractivity (Wildman–Crippen MR) is 147 cm³/mol. The molecular weight excluding hydrogens is 492 g/mol. The van der Waals surface area contributed by atoms with Crippen molar-refractivity contribution in [2.45, 2.75) is 51.9 Å². The first kappa shape index (κ1) is 24.8. The summed E-state index contributed by atoms with van der Waals surface area (Å²) in [5.74, 6) is 10.4. The van der Waals surface area contributed by atoms with Gasteiger partial charge < -0.3 is 19.5 Å². The third kappa shape index (κ3) is 5.74. The number of anilines is 1. The number of rotatable bonds is 9. The zero-order chi connectivity index (χ0) is 25.1. The summed E-state index contributed by atoms with van der Waals surface area (Å²) < 4.78 is 16.5. The van der Waals surface area contributed by atoms with Crippen molar-refractivity contribution in [3.63, 3.8) is 0 Å². The van der Waals surface area contributed by atoms with E-state index in [4.69, 9.17) is 30.8 Å². The molecule has 0 amide bonds. The first-order valence-corrected chi connectivity index (χ1v) is 13.6. The zero-order valence-corrected chi connectivity index (χ0v) is 22.5. The highest BCUT2D eigenvalue weighted by Crippen LogP contribution is 2.39. The summed E-state index contributed by atoms with van der Waals surface area (Å²) in [6, 6.07) is 10.1. The molecule has 188 valence electrons. The van der Waals surface area contributed by atoms with Crippen LogP contribution in [-0.2, 0) is 0 Å². The molecule has 0 saturated heterocycles. The van der Waals surface area contributed by atoms with Gasteiger partial charge >= 0.3 is 0 Å². The topological polar surface area (TPSA) is 52.6 Å². The van der Waals surface area contributed by atoms with E-state index in [-0.39, 0.29) is 12.7 Å². The fourth-order valence-corrected chi connectivity index (χ4v) is 5.62. The number of halogens is 1. The van der Waals surface area contributed by atoms with Gasteiger partial charge in [-0.3, -0.25) is 0 Å². The number of methoxy groups -OCH3 is 1. The van der Waals surface area contributed by atoms with Crippen molar-refractivity contribution in [3.8, 4) is 40.3 Å². The van der Waals surface area contributed by atoms with Crippen LogP contribution in [0.2, 0.25) is 5.02 Å². The van der Waals surface area contributed by atoms with Gasteiger partial charge in [0.1, 0.15) is 5.75 Å². The van der Waals surface area contributed by atoms with E-state index in [1.54, 1.807) is 18.4 Å². The van der Waals surface area contributed by atoms with E-state index < -0.39 is 0 Å². The molecule has 0 spiro atoms. The lowest BCUT2D eigenvalue weighted by Crippen LogP contribution is -2.01. The minimum atomic E-state index is 0.176. The van der Waals surface area contributed by atoms with Crippen molar-refractivity contribution in [1.82, 2.24) is 4.98 Å². The molecule has 5 nitrogen and oxygen atoms in total. The van der Waals surface area contributed by atoms with E-state index in [1.807, 2.05) is 25.1 Å². The highest BCUT2D eigenvalue weighted by atomic mass is 35.5. The predicted octanol–water partition coefficient (Wildman–Crippen LogP) is 7.60. The second kappa shape index (κ2) is 11.0. The number of hydrogen-bond donors (Lipinski definition) is 1. The zero-order valence-electron chi connectivity index (χ0n) is 20.9. The smallest absolute Gasteiger partial charge is 0.231 e. The summed E-state index contributed by atoms with van der Waals surface area (Å²) >= 11 is 8.16. The third-order valence-corrected chi connectivity index (χ3v) is 7.98. The number of hydrogen-bond acceptors (Lipinski definition) is 6. The van der Waals surface area contributed by atoms with E-state index in [2.05, 4.69) is 36.2 Å². The normalized spacial score (nSPS) is 14.8. The van der Waals surface area contributed by atoms with Crippen molar-refractivity contribution in [3.05, 3.63) is 51.4 Å². The molecule has 0 radical (unpaired) electrons. The standard InChI is InChI=1S/C29H31ClN2O3S/c1-18-14-23(24(30)16-26(18)33-3)28-19(2)36-29(32-28)31-13-5-8-21(7-4-6-20-9-10-20)22-11-12-25-27(15-22)35-17-34-25/h11-12,14-16,20-21H,4,6-7,9-10,13,17H2,1-3H3,(H,31,32)/t21-/m1/s1. The highest BCUT2D eigenvalue weighted by molar-refractivity contribution is 7.16. The Hall–Kier alpha value is -2.88. The lowest BCUT2D eigenvalue weighted by molar-refractivity contribution is 0.174. The Kier molecular flexibility index (Phi) is 7.59. The monoisotopic (exact) mass is 522 g/mol. The maximum absolute atomic E-state index is 6.54. The molecule has 5 rings (SSSR count). The van der Waals surface area contributed by atoms with Crippen LogP contribution >= 0.6 is 22.9 Å². The second-order valence-electron chi connectivity index (χ2n) is 9.44. The molecule has 3 aromatic rings. The van der Waals surface area contributed by atoms with Crippen LogP contribution in [0.3, 0.4) is 0 Å². The molecular formula is C29H31ClN2O3S. The molecule has 2 heterocycles. The van der Waals surface area contributed by atoms with Gasteiger partial charge in [-0.1, -0.05) is 55.2 Å². The molecule has 1 N–H and O–H groups in total. The fraction of sp³-hybridized carbons (Fsp3) is 0.414. The molecule has 0 bridgehead atoms. The summed E-state index contributed by atoms with van der Waals surface area (Å²) in [5, 5.41) is 4.86. The Morgan fingerprint density at radius 2 is 2.03 bits per heavy atom. The van der Waals surface area contributed by atoms with E-state index in [1.165, 1.54) is 31.2 Å². The van der Waals surface area contributed by atoms with Gasteiger partial charge in [0.25, 0.3) is 0 Å². The largest absolute Gasteiger partial charge is 0.496 e. The number of fused-ring (bicyclic) bond motifs is 1. The first-order valence-electron chi connectivity index (χ1n) is 12.5. The molecule has 1 aliphatic carbocycles. The summed E-state index contributed by atoms with van der Waals surface area (Å²) in [5.41, 5.74) is 4.03. The van der Waals surface area contributed by atoms with Crippen LogP contribution in [0.25, 0.3) is 11.3 Å². The van der Waals surface area contributed by atoms with Gasteiger partial charge in [0.2, 0.25) is 6.79 Å². The first-order chi connectivity index (χ1) is 17.5. The summed E-state index contributed by atoms with van der Waals surface area (Å²) in [6.45, 7) is 4.90. The van der Waals surface area contributed by atoms with Gasteiger partial charge in [-0.2, -0.15) is 0 Å². The Morgan fingerprint density at radius 1 is 1.19 bits per heavy atom. The lowest BCUT2D eigenvalue weighted by Gasteiger charge is -2.12. The van der Waals surface area contributed by atoms with Gasteiger partial charge in [0, 0.05) is 16.4 Å². The number of benzene rings is 2. The quantitative estimate of drug-likeness (QED) is 0.293. The van der Waals surface area contributed by atoms with E-state index >= 15 is 0 Å². The second-order valence-corrected chi connectivity index (χ2v) is 11.1. The molecule has 7 heteroatoms. The van der Waals surface area contributed by atoms with Crippen molar-refractivity contribution >= 4 is 28.1 Å². The van der Waals surface area contributed by atoms with Crippen LogP contribution in [0.15, 0.2) is 30.3 Å². The van der Waals surface area contributed by atoms with Crippen LogP contribution in [0.5, 0.6) is 17.2 Å². The van der Waals surface area contributed by atoms with Crippen LogP contribution in [-0.4, -0.2) is 25.4 Å². The molecule has 1 aliphatic heterocycles. The molecule has 1 saturated carbocycles. The molecule has 2 aliphatic rings. The number of aromatic nitrogens is 1. The molecule has 1 aromatic heterocycles. The van der Waals surface area contributed by atoms with Crippen molar-refractivity contribution in [2.24, 2.45) is 5.92 Å². The van der Waals surface area contributed by atoms with Crippen LogP contribution in [0, 0.1) is 31.6 Å². The SMILES string of the molecule is COc1cc(Cl)c(-c2nc(NCC#C[C@@H](CCCC3CC3)c3ccc4c(c3)OCO4)sc2C)cc1C. The Bertz CT molecular complexity index is 1310. The number of nitrogens with zero attached hydrogens (tertiary/aromatic N) is 1. The molecule has 1 atom stereocenters. The molecule has 36 heavy (non-hydrogen) atoms. The number of ether oxygens (including phenoxy) is 3. The van der Waals surface area contributed by atoms with E-state index in [0.717, 1.165) is 56.4 Å². The molecule has 0 unspecified atom stereocenters. The fourth-order valence-electron chi connectivity index (χ4n) is 4.55. The third-order valence-electron chi connectivity index (χ3n) is 6.74. The summed E-state index contributed by atoms with van der Waals surface area (Å²) in [7, 11) is 1.65. The average molecular weight is 523 g/mol. The van der Waals surface area contributed by atoms with Crippen molar-refractivity contribution in [1.29, 1.82) is 0 Å². The molecule has 1 fully saturated rings. The van der Waals surface area contributed by atoms with Crippen LogP contribution in [0.4, 0.5) is 5.13 Å². The summed E-state index contributed by atoms with van der Waals surface area (Å²) in [6.07, 6.45) is 6.33. The van der Waals surface area contributed by atoms with E-state index in [9.17, 15) is 0 Å². The van der Waals surface area contributed by atoms with E-state index in [0.29, 0.717) is 11.6 Å². The van der Waals surface area contributed by atoms with Gasteiger partial charge in [-0.05, 0) is 61.6 Å². The number of thiazole rings is 1. The average Bonchev–Trinajstić information content (AvgIpc) is 3.45. The van der Waals surface area contributed by atoms with Gasteiger partial charge in [-0.25, -0.2) is 4.98 Å².